The van der Waals surface area contributed by atoms with Crippen molar-refractivity contribution in [3.8, 4) is 12.3 Å². The second-order valence-electron chi connectivity index (χ2n) is 4.66. The van der Waals surface area contributed by atoms with E-state index in [-0.39, 0.29) is 5.38 Å². The van der Waals surface area contributed by atoms with E-state index in [0.717, 1.165) is 13.0 Å². The molecule has 0 aromatic heterocycles. The lowest BCUT2D eigenvalue weighted by atomic mass is 10.0. The van der Waals surface area contributed by atoms with Crippen LogP contribution in [0.15, 0.2) is 43.0 Å². The van der Waals surface area contributed by atoms with Gasteiger partial charge in [0.2, 0.25) is 0 Å². The SMILES string of the molecule is C#CC(C)(C=C)N(C)CC(Cl)Cc1ccccc1. The predicted molar refractivity (Wildman–Crippen MR) is 79.9 cm³/mol. The van der Waals surface area contributed by atoms with Crippen LogP contribution in [-0.2, 0) is 6.42 Å². The molecule has 2 atom stereocenters. The van der Waals surface area contributed by atoms with Crippen molar-refractivity contribution in [3.63, 3.8) is 0 Å². The lowest BCUT2D eigenvalue weighted by molar-refractivity contribution is 0.240. The smallest absolute Gasteiger partial charge is 0.0975 e. The van der Waals surface area contributed by atoms with Crippen LogP contribution in [0, 0.1) is 12.3 Å². The molecule has 0 radical (unpaired) electrons. The van der Waals surface area contributed by atoms with Gasteiger partial charge in [-0.05, 0) is 26.0 Å². The standard InChI is InChI=1S/C16H20ClN/c1-5-16(3,6-2)18(4)13-15(17)12-14-10-8-7-9-11-14/h1,6-11,15H,2,12-13H2,3-4H3. The number of nitrogens with zero attached hydrogens (tertiary/aromatic N) is 1. The summed E-state index contributed by atoms with van der Waals surface area (Å²) in [6.07, 6.45) is 8.16. The van der Waals surface area contributed by atoms with Crippen LogP contribution >= 0.6 is 11.6 Å². The summed E-state index contributed by atoms with van der Waals surface area (Å²) in [6.45, 7) is 6.48. The second-order valence-corrected chi connectivity index (χ2v) is 5.28. The number of hydrogen-bond acceptors (Lipinski definition) is 1. The van der Waals surface area contributed by atoms with E-state index in [1.807, 2.05) is 32.2 Å². The summed E-state index contributed by atoms with van der Waals surface area (Å²) >= 11 is 6.39. The Hall–Kier alpha value is -1.23. The molecular weight excluding hydrogens is 242 g/mol. The van der Waals surface area contributed by atoms with Gasteiger partial charge in [0.15, 0.2) is 0 Å². The Labute approximate surface area is 115 Å². The third kappa shape index (κ3) is 3.91. The maximum Gasteiger partial charge on any atom is 0.0975 e. The van der Waals surface area contributed by atoms with Crippen LogP contribution in [0.5, 0.6) is 0 Å². The minimum atomic E-state index is -0.441. The summed E-state index contributed by atoms with van der Waals surface area (Å²) in [5.41, 5.74) is 0.802. The molecule has 0 spiro atoms. The van der Waals surface area contributed by atoms with Crippen molar-refractivity contribution in [1.29, 1.82) is 0 Å². The fourth-order valence-electron chi connectivity index (χ4n) is 1.75. The maximum atomic E-state index is 6.39. The Morgan fingerprint density at radius 3 is 2.61 bits per heavy atom. The largest absolute Gasteiger partial charge is 0.286 e. The Bertz CT molecular complexity index is 420. The topological polar surface area (TPSA) is 3.24 Å². The average molecular weight is 262 g/mol. The van der Waals surface area contributed by atoms with E-state index in [4.69, 9.17) is 18.0 Å². The van der Waals surface area contributed by atoms with Gasteiger partial charge in [-0.15, -0.1) is 24.6 Å². The van der Waals surface area contributed by atoms with Gasteiger partial charge in [0.25, 0.3) is 0 Å². The van der Waals surface area contributed by atoms with Crippen LogP contribution in [0.25, 0.3) is 0 Å². The van der Waals surface area contributed by atoms with Crippen LogP contribution < -0.4 is 0 Å². The van der Waals surface area contributed by atoms with E-state index in [1.165, 1.54) is 5.56 Å². The number of likely N-dealkylation sites (N-methyl/N-ethyl adjacent to an activating group) is 1. The van der Waals surface area contributed by atoms with Crippen molar-refractivity contribution in [2.45, 2.75) is 24.3 Å². The zero-order chi connectivity index (χ0) is 13.6. The molecule has 0 fully saturated rings. The Balaban J connectivity index is 2.58. The van der Waals surface area contributed by atoms with Crippen LogP contribution in [0.1, 0.15) is 12.5 Å². The normalized spacial score (nSPS) is 15.7. The average Bonchev–Trinajstić information content (AvgIpc) is 2.38. The lowest BCUT2D eigenvalue weighted by Gasteiger charge is -2.33. The van der Waals surface area contributed by atoms with E-state index >= 15 is 0 Å². The molecule has 96 valence electrons. The summed E-state index contributed by atoms with van der Waals surface area (Å²) in [5, 5.41) is 0.0324. The molecule has 0 aliphatic rings. The molecule has 0 aliphatic heterocycles. The number of benzene rings is 1. The molecule has 0 aliphatic carbocycles. The van der Waals surface area contributed by atoms with E-state index in [0.29, 0.717) is 0 Å². The quantitative estimate of drug-likeness (QED) is 0.431. The first kappa shape index (κ1) is 14.8. The molecular formula is C16H20ClN. The predicted octanol–water partition coefficient (Wildman–Crippen LogP) is 3.35. The van der Waals surface area contributed by atoms with E-state index in [9.17, 15) is 0 Å². The molecule has 2 unspecified atom stereocenters. The highest BCUT2D eigenvalue weighted by molar-refractivity contribution is 6.20. The monoisotopic (exact) mass is 261 g/mol. The maximum absolute atomic E-state index is 6.39. The summed E-state index contributed by atoms with van der Waals surface area (Å²) in [4.78, 5) is 2.06. The molecule has 2 heteroatoms. The number of alkyl halides is 1. The van der Waals surface area contributed by atoms with Crippen molar-refractivity contribution in [3.05, 3.63) is 48.6 Å². The van der Waals surface area contributed by atoms with Crippen LogP contribution in [-0.4, -0.2) is 29.4 Å². The zero-order valence-electron chi connectivity index (χ0n) is 11.1. The summed E-state index contributed by atoms with van der Waals surface area (Å²) < 4.78 is 0. The first-order valence-corrected chi connectivity index (χ1v) is 6.46. The number of halogens is 1. The first-order valence-electron chi connectivity index (χ1n) is 6.02. The van der Waals surface area contributed by atoms with Crippen LogP contribution in [0.2, 0.25) is 0 Å². The first-order chi connectivity index (χ1) is 8.51. The Kier molecular flexibility index (Phi) is 5.47. The molecule has 1 rings (SSSR count). The van der Waals surface area contributed by atoms with Crippen molar-refractivity contribution >= 4 is 11.6 Å². The summed E-state index contributed by atoms with van der Waals surface area (Å²) in [5.74, 6) is 2.75. The zero-order valence-corrected chi connectivity index (χ0v) is 11.8. The second kappa shape index (κ2) is 6.64. The number of terminal acetylenes is 1. The van der Waals surface area contributed by atoms with Crippen LogP contribution in [0.3, 0.4) is 0 Å². The van der Waals surface area contributed by atoms with E-state index in [2.05, 4.69) is 29.5 Å². The number of hydrogen-bond donors (Lipinski definition) is 0. The lowest BCUT2D eigenvalue weighted by Crippen LogP contribution is -2.44. The third-order valence-electron chi connectivity index (χ3n) is 3.25. The summed E-state index contributed by atoms with van der Waals surface area (Å²) in [6, 6.07) is 10.2. The van der Waals surface area contributed by atoms with Gasteiger partial charge in [-0.25, -0.2) is 0 Å². The molecule has 0 saturated heterocycles. The highest BCUT2D eigenvalue weighted by Crippen LogP contribution is 2.17. The van der Waals surface area contributed by atoms with Crippen molar-refractivity contribution in [1.82, 2.24) is 4.90 Å². The van der Waals surface area contributed by atoms with Gasteiger partial charge in [0, 0.05) is 6.54 Å². The fraction of sp³-hybridized carbons (Fsp3) is 0.375. The fourth-order valence-corrected chi connectivity index (χ4v) is 2.13. The van der Waals surface area contributed by atoms with Gasteiger partial charge in [-0.3, -0.25) is 4.90 Å². The molecule has 1 nitrogen and oxygen atoms in total. The Morgan fingerprint density at radius 2 is 2.11 bits per heavy atom. The molecule has 0 amide bonds. The van der Waals surface area contributed by atoms with Crippen molar-refractivity contribution < 1.29 is 0 Å². The van der Waals surface area contributed by atoms with E-state index in [1.54, 1.807) is 6.08 Å². The van der Waals surface area contributed by atoms with Gasteiger partial charge in [-0.1, -0.05) is 42.3 Å². The Morgan fingerprint density at radius 1 is 1.50 bits per heavy atom. The van der Waals surface area contributed by atoms with Crippen LogP contribution in [0.4, 0.5) is 0 Å². The third-order valence-corrected chi connectivity index (χ3v) is 3.55. The van der Waals surface area contributed by atoms with Crippen molar-refractivity contribution in [2.24, 2.45) is 0 Å². The molecule has 1 aromatic carbocycles. The van der Waals surface area contributed by atoms with Gasteiger partial charge in [0.05, 0.1) is 10.9 Å². The molecule has 0 saturated carbocycles. The molecule has 0 N–H and O–H groups in total. The van der Waals surface area contributed by atoms with Gasteiger partial charge in [0.1, 0.15) is 0 Å². The molecule has 1 aromatic rings. The minimum Gasteiger partial charge on any atom is -0.286 e. The highest BCUT2D eigenvalue weighted by atomic mass is 35.5. The molecule has 0 heterocycles. The minimum absolute atomic E-state index is 0.0324. The highest BCUT2D eigenvalue weighted by Gasteiger charge is 2.24. The van der Waals surface area contributed by atoms with Gasteiger partial charge >= 0.3 is 0 Å². The summed E-state index contributed by atoms with van der Waals surface area (Å²) in [7, 11) is 1.97. The number of rotatable bonds is 6. The van der Waals surface area contributed by atoms with Crippen molar-refractivity contribution in [2.75, 3.05) is 13.6 Å². The van der Waals surface area contributed by atoms with Gasteiger partial charge < -0.3 is 0 Å². The molecule has 0 bridgehead atoms. The van der Waals surface area contributed by atoms with Gasteiger partial charge in [-0.2, -0.15) is 0 Å². The van der Waals surface area contributed by atoms with E-state index < -0.39 is 5.54 Å². The molecule has 18 heavy (non-hydrogen) atoms.